The van der Waals surface area contributed by atoms with Crippen molar-refractivity contribution in [2.45, 2.75) is 18.7 Å². The molecule has 1 aliphatic heterocycles. The van der Waals surface area contributed by atoms with Crippen molar-refractivity contribution in [3.05, 3.63) is 71.1 Å². The normalized spacial score (nSPS) is 13.7. The number of carbonyl (C=O) groups is 2. The van der Waals surface area contributed by atoms with E-state index in [4.69, 9.17) is 4.52 Å². The molecule has 0 bridgehead atoms. The summed E-state index contributed by atoms with van der Waals surface area (Å²) in [5, 5.41) is 3.65. The molecule has 28 heavy (non-hydrogen) atoms. The van der Waals surface area contributed by atoms with Crippen LogP contribution in [-0.4, -0.2) is 25.4 Å². The second-order valence-electron chi connectivity index (χ2n) is 6.30. The van der Waals surface area contributed by atoms with E-state index in [1.165, 1.54) is 38.1 Å². The number of benzene rings is 2. The van der Waals surface area contributed by atoms with E-state index < -0.39 is 21.8 Å². The molecule has 0 aliphatic carbocycles. The van der Waals surface area contributed by atoms with Gasteiger partial charge in [0.15, 0.2) is 10.7 Å². The number of hydrogen-bond acceptors (Lipinski definition) is 6. The first-order valence-electron chi connectivity index (χ1n) is 8.33. The van der Waals surface area contributed by atoms with Crippen molar-refractivity contribution in [2.24, 2.45) is 0 Å². The zero-order valence-electron chi connectivity index (χ0n) is 15.0. The number of amides is 2. The fourth-order valence-corrected chi connectivity index (χ4v) is 4.56. The van der Waals surface area contributed by atoms with Gasteiger partial charge in [0, 0.05) is 5.69 Å². The summed E-state index contributed by atoms with van der Waals surface area (Å²) >= 11 is 0. The molecular formula is C19H15N3O5S. The molecule has 4 rings (SSSR count). The summed E-state index contributed by atoms with van der Waals surface area (Å²) in [5.41, 5.74) is 1.57. The fourth-order valence-electron chi connectivity index (χ4n) is 3.17. The number of imide groups is 1. The monoisotopic (exact) mass is 397 g/mol. The van der Waals surface area contributed by atoms with Crippen molar-refractivity contribution < 1.29 is 22.5 Å². The van der Waals surface area contributed by atoms with E-state index >= 15 is 0 Å². The van der Waals surface area contributed by atoms with Crippen molar-refractivity contribution in [3.8, 4) is 0 Å². The molecule has 0 fully saturated rings. The van der Waals surface area contributed by atoms with Gasteiger partial charge in [-0.05, 0) is 50.2 Å². The minimum atomic E-state index is -3.88. The molecule has 8 nitrogen and oxygen atoms in total. The Morgan fingerprint density at radius 3 is 2.00 bits per heavy atom. The highest BCUT2D eigenvalue weighted by Gasteiger charge is 2.36. The molecule has 0 spiro atoms. The Bertz CT molecular complexity index is 1160. The number of anilines is 2. The summed E-state index contributed by atoms with van der Waals surface area (Å²) in [6.45, 7) is 3.05. The molecule has 2 aromatic carbocycles. The van der Waals surface area contributed by atoms with Gasteiger partial charge in [0.2, 0.25) is 0 Å². The number of aryl methyl sites for hydroxylation is 2. The molecule has 0 saturated carbocycles. The number of fused-ring (bicyclic) bond motifs is 1. The summed E-state index contributed by atoms with van der Waals surface area (Å²) in [6.07, 6.45) is 0. The van der Waals surface area contributed by atoms with Gasteiger partial charge in [-0.2, -0.15) is 0 Å². The third-order valence-corrected chi connectivity index (χ3v) is 6.03. The van der Waals surface area contributed by atoms with Gasteiger partial charge in [-0.25, -0.2) is 13.3 Å². The minimum Gasteiger partial charge on any atom is -0.360 e. The van der Waals surface area contributed by atoms with Gasteiger partial charge in [-0.15, -0.1) is 0 Å². The Hall–Kier alpha value is -3.46. The Labute approximate surface area is 160 Å². The van der Waals surface area contributed by atoms with Crippen LogP contribution < -0.4 is 9.62 Å². The molecule has 0 atom stereocenters. The molecule has 1 N–H and O–H groups in total. The second-order valence-corrected chi connectivity index (χ2v) is 7.92. The molecule has 0 unspecified atom stereocenters. The minimum absolute atomic E-state index is 0.0167. The summed E-state index contributed by atoms with van der Waals surface area (Å²) in [4.78, 5) is 26.1. The van der Waals surface area contributed by atoms with E-state index in [0.717, 1.165) is 4.90 Å². The quantitative estimate of drug-likeness (QED) is 0.678. The maximum atomic E-state index is 12.6. The van der Waals surface area contributed by atoms with Crippen LogP contribution in [0.25, 0.3) is 0 Å². The maximum absolute atomic E-state index is 12.6. The summed E-state index contributed by atoms with van der Waals surface area (Å²) in [5.74, 6) is -0.637. The lowest BCUT2D eigenvalue weighted by molar-refractivity contribution is 0.0926. The number of rotatable bonds is 4. The average molecular weight is 397 g/mol. The third kappa shape index (κ3) is 2.76. The molecule has 1 aliphatic rings. The van der Waals surface area contributed by atoms with Crippen LogP contribution in [0.5, 0.6) is 0 Å². The van der Waals surface area contributed by atoms with Crippen LogP contribution in [-0.2, 0) is 10.0 Å². The fraction of sp³-hybridized carbons (Fsp3) is 0.105. The van der Waals surface area contributed by atoms with E-state index in [1.807, 2.05) is 0 Å². The average Bonchev–Trinajstić information content (AvgIpc) is 3.13. The van der Waals surface area contributed by atoms with Gasteiger partial charge in [-0.3, -0.25) is 14.3 Å². The lowest BCUT2D eigenvalue weighted by Gasteiger charge is -2.15. The topological polar surface area (TPSA) is 110 Å². The maximum Gasteiger partial charge on any atom is 0.267 e. The second kappa shape index (κ2) is 6.31. The predicted molar refractivity (Wildman–Crippen MR) is 101 cm³/mol. The largest absolute Gasteiger partial charge is 0.360 e. The molecule has 2 heterocycles. The van der Waals surface area contributed by atoms with E-state index in [-0.39, 0.29) is 22.0 Å². The Balaban J connectivity index is 1.61. The molecule has 2 amide bonds. The van der Waals surface area contributed by atoms with E-state index in [0.29, 0.717) is 16.8 Å². The van der Waals surface area contributed by atoms with Gasteiger partial charge in [0.25, 0.3) is 21.8 Å². The number of nitrogens with zero attached hydrogens (tertiary/aromatic N) is 2. The zero-order valence-corrected chi connectivity index (χ0v) is 15.8. The SMILES string of the molecule is Cc1noc(C)c1S(=O)(=O)Nc1ccc(N2C(=O)c3ccccc3C2=O)cc1. The highest BCUT2D eigenvalue weighted by molar-refractivity contribution is 7.92. The van der Waals surface area contributed by atoms with Gasteiger partial charge >= 0.3 is 0 Å². The number of nitrogens with one attached hydrogen (secondary N) is 1. The highest BCUT2D eigenvalue weighted by atomic mass is 32.2. The first-order chi connectivity index (χ1) is 13.3. The molecule has 0 radical (unpaired) electrons. The van der Waals surface area contributed by atoms with Crippen LogP contribution in [0.1, 0.15) is 32.2 Å². The van der Waals surface area contributed by atoms with Crippen molar-refractivity contribution >= 4 is 33.2 Å². The predicted octanol–water partition coefficient (Wildman–Crippen LogP) is 2.89. The number of carbonyl (C=O) groups excluding carboxylic acids is 2. The van der Waals surface area contributed by atoms with Crippen molar-refractivity contribution in [3.63, 3.8) is 0 Å². The van der Waals surface area contributed by atoms with Gasteiger partial charge in [-0.1, -0.05) is 17.3 Å². The van der Waals surface area contributed by atoms with Gasteiger partial charge in [0.1, 0.15) is 5.69 Å². The van der Waals surface area contributed by atoms with Crippen molar-refractivity contribution in [1.82, 2.24) is 5.16 Å². The van der Waals surface area contributed by atoms with Crippen LogP contribution >= 0.6 is 0 Å². The van der Waals surface area contributed by atoms with Crippen LogP contribution in [0, 0.1) is 13.8 Å². The third-order valence-electron chi connectivity index (χ3n) is 4.41. The number of aromatic nitrogens is 1. The van der Waals surface area contributed by atoms with Crippen molar-refractivity contribution in [2.75, 3.05) is 9.62 Å². The Morgan fingerprint density at radius 1 is 0.929 bits per heavy atom. The van der Waals surface area contributed by atoms with Crippen LogP contribution in [0.15, 0.2) is 57.9 Å². The first-order valence-corrected chi connectivity index (χ1v) is 9.81. The Kier molecular flexibility index (Phi) is 4.04. The van der Waals surface area contributed by atoms with Crippen LogP contribution in [0.2, 0.25) is 0 Å². The molecular weight excluding hydrogens is 382 g/mol. The molecule has 3 aromatic rings. The molecule has 0 saturated heterocycles. The number of hydrogen-bond donors (Lipinski definition) is 1. The highest BCUT2D eigenvalue weighted by Crippen LogP contribution is 2.30. The van der Waals surface area contributed by atoms with E-state index in [9.17, 15) is 18.0 Å². The molecule has 142 valence electrons. The molecule has 1 aromatic heterocycles. The lowest BCUT2D eigenvalue weighted by Crippen LogP contribution is -2.29. The lowest BCUT2D eigenvalue weighted by atomic mass is 10.1. The molecule has 9 heteroatoms. The Morgan fingerprint density at radius 2 is 1.50 bits per heavy atom. The van der Waals surface area contributed by atoms with E-state index in [1.54, 1.807) is 24.3 Å². The van der Waals surface area contributed by atoms with Crippen molar-refractivity contribution in [1.29, 1.82) is 0 Å². The standard InChI is InChI=1S/C19H15N3O5S/c1-11-17(12(2)27-20-11)28(25,26)21-13-7-9-14(10-8-13)22-18(23)15-5-3-4-6-16(15)19(22)24/h3-10,21H,1-2H3. The van der Waals surface area contributed by atoms with Crippen LogP contribution in [0.4, 0.5) is 11.4 Å². The van der Waals surface area contributed by atoms with E-state index in [2.05, 4.69) is 9.88 Å². The smallest absolute Gasteiger partial charge is 0.267 e. The van der Waals surface area contributed by atoms with Gasteiger partial charge in [0.05, 0.1) is 16.8 Å². The first kappa shape index (κ1) is 17.9. The van der Waals surface area contributed by atoms with Crippen LogP contribution in [0.3, 0.4) is 0 Å². The summed E-state index contributed by atoms with van der Waals surface area (Å²) in [6, 6.07) is 12.6. The van der Waals surface area contributed by atoms with Gasteiger partial charge < -0.3 is 4.52 Å². The summed E-state index contributed by atoms with van der Waals surface area (Å²) in [7, 11) is -3.88. The zero-order chi connectivity index (χ0) is 20.1. The summed E-state index contributed by atoms with van der Waals surface area (Å²) < 4.78 is 32.5. The number of sulfonamides is 1.